The number of aldehydes is 1. The van der Waals surface area contributed by atoms with Crippen molar-refractivity contribution in [2.24, 2.45) is 7.05 Å². The van der Waals surface area contributed by atoms with Gasteiger partial charge in [0, 0.05) is 18.0 Å². The average molecular weight is 226 g/mol. The van der Waals surface area contributed by atoms with Gasteiger partial charge < -0.3 is 8.98 Å². The van der Waals surface area contributed by atoms with Gasteiger partial charge in [0.15, 0.2) is 6.29 Å². The first kappa shape index (κ1) is 9.84. The maximum Gasteiger partial charge on any atom is 0.153 e. The summed E-state index contributed by atoms with van der Waals surface area (Å²) in [5.74, 6) is 0. The lowest BCUT2D eigenvalue weighted by molar-refractivity contribution is 0.112. The van der Waals surface area contributed by atoms with Gasteiger partial charge in [-0.15, -0.1) is 0 Å². The molecule has 0 saturated heterocycles. The van der Waals surface area contributed by atoms with E-state index in [1.807, 2.05) is 29.8 Å². The maximum atomic E-state index is 11.0. The van der Waals surface area contributed by atoms with E-state index in [2.05, 4.69) is 4.98 Å². The fourth-order valence-electron chi connectivity index (χ4n) is 1.98. The van der Waals surface area contributed by atoms with E-state index in [1.165, 1.54) is 0 Å². The lowest BCUT2D eigenvalue weighted by atomic mass is 10.1. The Morgan fingerprint density at radius 1 is 1.41 bits per heavy atom. The summed E-state index contributed by atoms with van der Waals surface area (Å²) in [6, 6.07) is 5.65. The number of rotatable bonds is 2. The normalized spacial score (nSPS) is 10.9. The highest BCUT2D eigenvalue weighted by molar-refractivity contribution is 5.97. The second-order valence-corrected chi connectivity index (χ2v) is 3.91. The molecule has 4 nitrogen and oxygen atoms in total. The highest BCUT2D eigenvalue weighted by Crippen LogP contribution is 2.27. The van der Waals surface area contributed by atoms with Crippen molar-refractivity contribution >= 4 is 17.3 Å². The van der Waals surface area contributed by atoms with E-state index < -0.39 is 0 Å². The third kappa shape index (κ3) is 1.45. The van der Waals surface area contributed by atoms with Gasteiger partial charge >= 0.3 is 0 Å². The van der Waals surface area contributed by atoms with Gasteiger partial charge in [-0.05, 0) is 18.2 Å². The molecule has 0 amide bonds. The molecule has 0 atom stereocenters. The van der Waals surface area contributed by atoms with E-state index >= 15 is 0 Å². The molecule has 0 aliphatic heterocycles. The molecule has 1 aromatic carbocycles. The van der Waals surface area contributed by atoms with Crippen LogP contribution in [0.1, 0.15) is 10.4 Å². The fraction of sp³-hybridized carbons (Fsp3) is 0.0769. The number of aromatic nitrogens is 2. The van der Waals surface area contributed by atoms with Gasteiger partial charge in [-0.3, -0.25) is 4.79 Å². The Morgan fingerprint density at radius 3 is 3.00 bits per heavy atom. The summed E-state index contributed by atoms with van der Waals surface area (Å²) in [5, 5.41) is 0.922. The standard InChI is InChI=1S/C13H10N2O2/c1-15-8-14-6-12(15)10-4-9-2-3-17-13(9)11(5-10)7-16/h2-8H,1H3. The zero-order chi connectivity index (χ0) is 11.8. The van der Waals surface area contributed by atoms with Crippen molar-refractivity contribution in [3.63, 3.8) is 0 Å². The highest BCUT2D eigenvalue weighted by atomic mass is 16.3. The molecule has 3 rings (SSSR count). The van der Waals surface area contributed by atoms with Crippen LogP contribution in [0.3, 0.4) is 0 Å². The largest absolute Gasteiger partial charge is 0.464 e. The molecule has 2 heterocycles. The molecule has 17 heavy (non-hydrogen) atoms. The summed E-state index contributed by atoms with van der Waals surface area (Å²) < 4.78 is 7.20. The molecule has 4 heteroatoms. The molecular formula is C13H10N2O2. The van der Waals surface area contributed by atoms with Crippen molar-refractivity contribution in [2.75, 3.05) is 0 Å². The Kier molecular flexibility index (Phi) is 2.08. The van der Waals surface area contributed by atoms with Gasteiger partial charge in [0.05, 0.1) is 30.0 Å². The fourth-order valence-corrected chi connectivity index (χ4v) is 1.98. The summed E-state index contributed by atoms with van der Waals surface area (Å²) >= 11 is 0. The van der Waals surface area contributed by atoms with Crippen LogP contribution in [0.2, 0.25) is 0 Å². The van der Waals surface area contributed by atoms with Crippen molar-refractivity contribution in [1.82, 2.24) is 9.55 Å². The number of furan rings is 1. The van der Waals surface area contributed by atoms with Gasteiger partial charge in [-0.2, -0.15) is 0 Å². The lowest BCUT2D eigenvalue weighted by Crippen LogP contribution is -1.91. The van der Waals surface area contributed by atoms with Crippen molar-refractivity contribution in [3.05, 3.63) is 42.5 Å². The van der Waals surface area contributed by atoms with E-state index in [0.717, 1.165) is 22.9 Å². The Morgan fingerprint density at radius 2 is 2.29 bits per heavy atom. The Hall–Kier alpha value is -2.36. The van der Waals surface area contributed by atoms with E-state index in [-0.39, 0.29) is 0 Å². The van der Waals surface area contributed by atoms with Crippen molar-refractivity contribution in [3.8, 4) is 11.3 Å². The molecule has 0 fully saturated rings. The van der Waals surface area contributed by atoms with E-state index in [0.29, 0.717) is 11.1 Å². The van der Waals surface area contributed by atoms with Crippen LogP contribution in [0, 0.1) is 0 Å². The quantitative estimate of drug-likeness (QED) is 0.631. The monoisotopic (exact) mass is 226 g/mol. The second kappa shape index (κ2) is 3.59. The minimum Gasteiger partial charge on any atom is -0.464 e. The molecule has 3 aromatic rings. The molecule has 0 spiro atoms. The Balaban J connectivity index is 2.31. The van der Waals surface area contributed by atoms with Crippen LogP contribution in [0.15, 0.2) is 41.4 Å². The Labute approximate surface area is 97.5 Å². The van der Waals surface area contributed by atoms with Crippen LogP contribution in [-0.2, 0) is 7.05 Å². The van der Waals surface area contributed by atoms with E-state index in [4.69, 9.17) is 4.42 Å². The van der Waals surface area contributed by atoms with Crippen LogP contribution in [0.5, 0.6) is 0 Å². The predicted octanol–water partition coefficient (Wildman–Crippen LogP) is 2.65. The summed E-state index contributed by atoms with van der Waals surface area (Å²) in [7, 11) is 1.92. The number of fused-ring (bicyclic) bond motifs is 1. The van der Waals surface area contributed by atoms with Crippen LogP contribution in [0.25, 0.3) is 22.2 Å². The van der Waals surface area contributed by atoms with Crippen LogP contribution < -0.4 is 0 Å². The molecular weight excluding hydrogens is 216 g/mol. The van der Waals surface area contributed by atoms with Crippen LogP contribution >= 0.6 is 0 Å². The van der Waals surface area contributed by atoms with Crippen molar-refractivity contribution < 1.29 is 9.21 Å². The number of hydrogen-bond acceptors (Lipinski definition) is 3. The number of carbonyl (C=O) groups is 1. The maximum absolute atomic E-state index is 11.0. The number of hydrogen-bond donors (Lipinski definition) is 0. The minimum atomic E-state index is 0.559. The highest BCUT2D eigenvalue weighted by Gasteiger charge is 2.09. The topological polar surface area (TPSA) is 48.0 Å². The summed E-state index contributed by atoms with van der Waals surface area (Å²) in [5.41, 5.74) is 3.12. The molecule has 0 aliphatic carbocycles. The SMILES string of the molecule is Cn1cncc1-c1cc(C=O)c2occc2c1. The number of nitrogens with zero attached hydrogens (tertiary/aromatic N) is 2. The number of imidazole rings is 1. The first-order valence-electron chi connectivity index (χ1n) is 5.23. The first-order chi connectivity index (χ1) is 8.29. The van der Waals surface area contributed by atoms with Gasteiger partial charge in [0.1, 0.15) is 5.58 Å². The average Bonchev–Trinajstić information content (AvgIpc) is 2.95. The third-order valence-corrected chi connectivity index (χ3v) is 2.82. The summed E-state index contributed by atoms with van der Waals surface area (Å²) in [6.45, 7) is 0. The van der Waals surface area contributed by atoms with Gasteiger partial charge in [-0.1, -0.05) is 0 Å². The molecule has 84 valence electrons. The summed E-state index contributed by atoms with van der Waals surface area (Å²) in [4.78, 5) is 15.1. The number of carbonyl (C=O) groups excluding carboxylic acids is 1. The molecule has 0 saturated carbocycles. The zero-order valence-corrected chi connectivity index (χ0v) is 9.25. The Bertz CT molecular complexity index is 694. The van der Waals surface area contributed by atoms with Crippen molar-refractivity contribution in [1.29, 1.82) is 0 Å². The third-order valence-electron chi connectivity index (χ3n) is 2.82. The molecule has 0 aliphatic rings. The molecule has 0 radical (unpaired) electrons. The lowest BCUT2D eigenvalue weighted by Gasteiger charge is -2.03. The first-order valence-corrected chi connectivity index (χ1v) is 5.23. The molecule has 2 aromatic heterocycles. The van der Waals surface area contributed by atoms with E-state index in [1.54, 1.807) is 18.8 Å². The molecule has 0 unspecified atom stereocenters. The van der Waals surface area contributed by atoms with Gasteiger partial charge in [-0.25, -0.2) is 4.98 Å². The molecule has 0 bridgehead atoms. The minimum absolute atomic E-state index is 0.559. The van der Waals surface area contributed by atoms with Gasteiger partial charge in [0.25, 0.3) is 0 Å². The van der Waals surface area contributed by atoms with E-state index in [9.17, 15) is 4.79 Å². The van der Waals surface area contributed by atoms with Crippen molar-refractivity contribution in [2.45, 2.75) is 0 Å². The van der Waals surface area contributed by atoms with Crippen LogP contribution in [0.4, 0.5) is 0 Å². The number of benzene rings is 1. The second-order valence-electron chi connectivity index (χ2n) is 3.91. The smallest absolute Gasteiger partial charge is 0.153 e. The molecule has 0 N–H and O–H groups in total. The number of aryl methyl sites for hydroxylation is 1. The summed E-state index contributed by atoms with van der Waals surface area (Å²) in [6.07, 6.45) is 5.90. The zero-order valence-electron chi connectivity index (χ0n) is 9.25. The van der Waals surface area contributed by atoms with Gasteiger partial charge in [0.2, 0.25) is 0 Å². The van der Waals surface area contributed by atoms with Crippen LogP contribution in [-0.4, -0.2) is 15.8 Å². The predicted molar refractivity (Wildman–Crippen MR) is 63.8 cm³/mol.